The van der Waals surface area contributed by atoms with Crippen LogP contribution in [-0.2, 0) is 4.74 Å². The minimum absolute atomic E-state index is 0.248. The smallest absolute Gasteiger partial charge is 0.0636 e. The molecule has 0 aliphatic rings. The van der Waals surface area contributed by atoms with E-state index in [2.05, 4.69) is 5.32 Å². The van der Waals surface area contributed by atoms with E-state index in [4.69, 9.17) is 9.84 Å². The molecule has 0 aromatic rings. The Morgan fingerprint density at radius 3 is 2.80 bits per heavy atom. The molecule has 10 heavy (non-hydrogen) atoms. The van der Waals surface area contributed by atoms with Crippen LogP contribution in [0.25, 0.3) is 0 Å². The molecule has 1 atom stereocenters. The van der Waals surface area contributed by atoms with E-state index in [1.807, 2.05) is 0 Å². The van der Waals surface area contributed by atoms with Crippen molar-refractivity contribution in [2.75, 3.05) is 26.8 Å². The standard InChI is InChI=1S/C7H17NO2/c1-7(9)6-8-4-3-5-10-2/h7-9H,3-6H2,1-2H3. The van der Waals surface area contributed by atoms with E-state index in [1.54, 1.807) is 14.0 Å². The summed E-state index contributed by atoms with van der Waals surface area (Å²) in [5.74, 6) is 0. The molecule has 0 saturated carbocycles. The van der Waals surface area contributed by atoms with Crippen LogP contribution >= 0.6 is 0 Å². The molecule has 0 aromatic carbocycles. The van der Waals surface area contributed by atoms with Crippen molar-refractivity contribution < 1.29 is 9.84 Å². The van der Waals surface area contributed by atoms with Gasteiger partial charge in [0.05, 0.1) is 6.10 Å². The molecule has 3 nitrogen and oxygen atoms in total. The Hall–Kier alpha value is -0.120. The maximum absolute atomic E-state index is 8.82. The molecule has 0 amide bonds. The first-order chi connectivity index (χ1) is 4.77. The molecule has 0 radical (unpaired) electrons. The highest BCUT2D eigenvalue weighted by Gasteiger charge is 1.92. The van der Waals surface area contributed by atoms with Gasteiger partial charge in [-0.1, -0.05) is 0 Å². The number of nitrogens with one attached hydrogen (secondary N) is 1. The average Bonchev–Trinajstić information content (AvgIpc) is 1.87. The van der Waals surface area contributed by atoms with Gasteiger partial charge in [0.25, 0.3) is 0 Å². The highest BCUT2D eigenvalue weighted by Crippen LogP contribution is 1.78. The molecular formula is C7H17NO2. The van der Waals surface area contributed by atoms with Crippen molar-refractivity contribution in [3.8, 4) is 0 Å². The van der Waals surface area contributed by atoms with Gasteiger partial charge in [-0.3, -0.25) is 0 Å². The second kappa shape index (κ2) is 6.99. The minimum Gasteiger partial charge on any atom is -0.392 e. The maximum Gasteiger partial charge on any atom is 0.0636 e. The monoisotopic (exact) mass is 147 g/mol. The van der Waals surface area contributed by atoms with Crippen LogP contribution in [0, 0.1) is 0 Å². The van der Waals surface area contributed by atoms with Crippen LogP contribution in [0.4, 0.5) is 0 Å². The second-order valence-corrected chi connectivity index (χ2v) is 2.40. The quantitative estimate of drug-likeness (QED) is 0.519. The Kier molecular flexibility index (Phi) is 6.91. The van der Waals surface area contributed by atoms with E-state index in [0.29, 0.717) is 6.54 Å². The van der Waals surface area contributed by atoms with Gasteiger partial charge in [0, 0.05) is 20.3 Å². The van der Waals surface area contributed by atoms with Crippen LogP contribution in [0.15, 0.2) is 0 Å². The zero-order valence-corrected chi connectivity index (χ0v) is 6.76. The molecule has 0 saturated heterocycles. The number of methoxy groups -OCH3 is 1. The number of aliphatic hydroxyl groups excluding tert-OH is 1. The van der Waals surface area contributed by atoms with Gasteiger partial charge in [-0.2, -0.15) is 0 Å². The first kappa shape index (κ1) is 9.88. The van der Waals surface area contributed by atoms with Gasteiger partial charge in [-0.25, -0.2) is 0 Å². The SMILES string of the molecule is COCCCNCC(C)O. The van der Waals surface area contributed by atoms with Crippen molar-refractivity contribution in [2.45, 2.75) is 19.4 Å². The molecule has 0 heterocycles. The Morgan fingerprint density at radius 2 is 2.30 bits per heavy atom. The zero-order valence-electron chi connectivity index (χ0n) is 6.76. The molecule has 1 unspecified atom stereocenters. The fraction of sp³-hybridized carbons (Fsp3) is 1.00. The van der Waals surface area contributed by atoms with E-state index in [1.165, 1.54) is 0 Å². The lowest BCUT2D eigenvalue weighted by Gasteiger charge is -2.05. The van der Waals surface area contributed by atoms with Gasteiger partial charge in [0.15, 0.2) is 0 Å². The third-order valence-electron chi connectivity index (χ3n) is 1.14. The maximum atomic E-state index is 8.82. The van der Waals surface area contributed by atoms with Gasteiger partial charge in [-0.05, 0) is 19.9 Å². The Balaban J connectivity index is 2.77. The lowest BCUT2D eigenvalue weighted by atomic mass is 10.4. The molecule has 0 aromatic heterocycles. The van der Waals surface area contributed by atoms with E-state index in [9.17, 15) is 0 Å². The van der Waals surface area contributed by atoms with Crippen LogP contribution in [0.3, 0.4) is 0 Å². The molecule has 3 heteroatoms. The summed E-state index contributed by atoms with van der Waals surface area (Å²) in [6, 6.07) is 0. The van der Waals surface area contributed by atoms with E-state index in [0.717, 1.165) is 19.6 Å². The van der Waals surface area contributed by atoms with Gasteiger partial charge in [0.2, 0.25) is 0 Å². The summed E-state index contributed by atoms with van der Waals surface area (Å²) in [6.07, 6.45) is 0.756. The fourth-order valence-electron chi connectivity index (χ4n) is 0.652. The third-order valence-corrected chi connectivity index (χ3v) is 1.14. The van der Waals surface area contributed by atoms with Crippen molar-refractivity contribution >= 4 is 0 Å². The van der Waals surface area contributed by atoms with Crippen LogP contribution in [0.1, 0.15) is 13.3 Å². The number of ether oxygens (including phenoxy) is 1. The number of hydrogen-bond acceptors (Lipinski definition) is 3. The minimum atomic E-state index is -0.248. The number of aliphatic hydroxyl groups is 1. The third kappa shape index (κ3) is 7.88. The first-order valence-corrected chi connectivity index (χ1v) is 3.65. The van der Waals surface area contributed by atoms with Crippen molar-refractivity contribution in [1.29, 1.82) is 0 Å². The predicted molar refractivity (Wildman–Crippen MR) is 41.0 cm³/mol. The van der Waals surface area contributed by atoms with Crippen LogP contribution < -0.4 is 5.32 Å². The average molecular weight is 147 g/mol. The van der Waals surface area contributed by atoms with Crippen LogP contribution in [0.2, 0.25) is 0 Å². The molecule has 0 aliphatic heterocycles. The zero-order chi connectivity index (χ0) is 7.82. The molecule has 0 rings (SSSR count). The van der Waals surface area contributed by atoms with Crippen molar-refractivity contribution in [3.05, 3.63) is 0 Å². The first-order valence-electron chi connectivity index (χ1n) is 3.65. The molecule has 62 valence electrons. The lowest BCUT2D eigenvalue weighted by Crippen LogP contribution is -2.25. The van der Waals surface area contributed by atoms with Crippen molar-refractivity contribution in [2.24, 2.45) is 0 Å². The Morgan fingerprint density at radius 1 is 1.60 bits per heavy atom. The molecular weight excluding hydrogens is 130 g/mol. The lowest BCUT2D eigenvalue weighted by molar-refractivity contribution is 0.179. The molecule has 0 aliphatic carbocycles. The summed E-state index contributed by atoms with van der Waals surface area (Å²) in [4.78, 5) is 0. The highest BCUT2D eigenvalue weighted by molar-refractivity contribution is 4.51. The van der Waals surface area contributed by atoms with Gasteiger partial charge >= 0.3 is 0 Å². The van der Waals surface area contributed by atoms with Crippen molar-refractivity contribution in [1.82, 2.24) is 5.32 Å². The summed E-state index contributed by atoms with van der Waals surface area (Å²) in [6.45, 7) is 4.14. The van der Waals surface area contributed by atoms with Crippen LogP contribution in [-0.4, -0.2) is 38.0 Å². The van der Waals surface area contributed by atoms with Gasteiger partial charge in [-0.15, -0.1) is 0 Å². The summed E-state index contributed by atoms with van der Waals surface area (Å²) >= 11 is 0. The predicted octanol–water partition coefficient (Wildman–Crippen LogP) is -0.00670. The van der Waals surface area contributed by atoms with E-state index in [-0.39, 0.29) is 6.10 Å². The normalized spacial score (nSPS) is 13.5. The molecule has 0 fully saturated rings. The Labute approximate surface area is 62.4 Å². The second-order valence-electron chi connectivity index (χ2n) is 2.40. The number of rotatable bonds is 6. The highest BCUT2D eigenvalue weighted by atomic mass is 16.5. The fourth-order valence-corrected chi connectivity index (χ4v) is 0.652. The van der Waals surface area contributed by atoms with E-state index < -0.39 is 0 Å². The van der Waals surface area contributed by atoms with E-state index >= 15 is 0 Å². The summed E-state index contributed by atoms with van der Waals surface area (Å²) in [5.41, 5.74) is 0. The summed E-state index contributed by atoms with van der Waals surface area (Å²) < 4.78 is 4.85. The summed E-state index contributed by atoms with van der Waals surface area (Å²) in [7, 11) is 1.69. The van der Waals surface area contributed by atoms with Gasteiger partial charge < -0.3 is 15.2 Å². The van der Waals surface area contributed by atoms with Gasteiger partial charge in [0.1, 0.15) is 0 Å². The topological polar surface area (TPSA) is 41.5 Å². The molecule has 0 spiro atoms. The van der Waals surface area contributed by atoms with Crippen LogP contribution in [0.5, 0.6) is 0 Å². The molecule has 0 bridgehead atoms. The largest absolute Gasteiger partial charge is 0.392 e. The Bertz CT molecular complexity index is 66.6. The van der Waals surface area contributed by atoms with Crippen molar-refractivity contribution in [3.63, 3.8) is 0 Å². The summed E-state index contributed by atoms with van der Waals surface area (Å²) in [5, 5.41) is 11.9. The molecule has 2 N–H and O–H groups in total. The number of hydrogen-bond donors (Lipinski definition) is 2.